The van der Waals surface area contributed by atoms with Crippen LogP contribution in [0.2, 0.25) is 0 Å². The Bertz CT molecular complexity index is 1000. The number of aromatic hydroxyl groups is 1. The molecule has 130 valence electrons. The van der Waals surface area contributed by atoms with Gasteiger partial charge in [-0.1, -0.05) is 0 Å². The number of phenols is 1. The second-order valence-corrected chi connectivity index (χ2v) is 6.80. The average Bonchev–Trinajstić information content (AvgIpc) is 2.84. The Morgan fingerprint density at radius 2 is 2.04 bits per heavy atom. The quantitative estimate of drug-likeness (QED) is 0.665. The number of hydrogen-bond donors (Lipinski definition) is 1. The van der Waals surface area contributed by atoms with Crippen molar-refractivity contribution < 1.29 is 22.7 Å². The van der Waals surface area contributed by atoms with Crippen LogP contribution in [0.25, 0.3) is 0 Å². The van der Waals surface area contributed by atoms with E-state index in [2.05, 4.69) is 9.50 Å². The van der Waals surface area contributed by atoms with Gasteiger partial charge >= 0.3 is 0 Å². The second-order valence-electron chi connectivity index (χ2n) is 5.23. The number of phenolic OH excluding ortho intramolecular Hbond substituents is 1. The van der Waals surface area contributed by atoms with Gasteiger partial charge in [-0.05, 0) is 42.0 Å². The number of rotatable bonds is 3. The lowest BCUT2D eigenvalue weighted by molar-refractivity contribution is 0.373. The zero-order chi connectivity index (χ0) is 18.2. The highest BCUT2D eigenvalue weighted by atomic mass is 32.2. The summed E-state index contributed by atoms with van der Waals surface area (Å²) in [6.07, 6.45) is 1.44. The molecule has 0 radical (unpaired) electrons. The van der Waals surface area contributed by atoms with Crippen molar-refractivity contribution in [1.29, 1.82) is 0 Å². The minimum atomic E-state index is -3.86. The highest BCUT2D eigenvalue weighted by molar-refractivity contribution is 7.90. The normalized spacial score (nSPS) is 15.1. The summed E-state index contributed by atoms with van der Waals surface area (Å²) in [5.41, 5.74) is 0.769. The molecule has 3 rings (SSSR count). The predicted octanol–water partition coefficient (Wildman–Crippen LogP) is 1.95. The third kappa shape index (κ3) is 3.18. The number of sulfonamides is 1. The van der Waals surface area contributed by atoms with Crippen LogP contribution in [0, 0.1) is 5.82 Å². The molecule has 0 aliphatic carbocycles. The van der Waals surface area contributed by atoms with Crippen LogP contribution in [0.5, 0.6) is 11.5 Å². The summed E-state index contributed by atoms with van der Waals surface area (Å²) in [5.74, 6) is -0.274. The van der Waals surface area contributed by atoms with Crippen LogP contribution in [0.1, 0.15) is 11.1 Å². The Morgan fingerprint density at radius 3 is 2.76 bits per heavy atom. The van der Waals surface area contributed by atoms with Crippen molar-refractivity contribution in [3.63, 3.8) is 0 Å². The number of hydrogen-bond acceptors (Lipinski definition) is 6. The molecule has 25 heavy (non-hydrogen) atoms. The number of nitrogens with zero attached hydrogens (tertiary/aromatic N) is 3. The zero-order valence-electron chi connectivity index (χ0n) is 13.3. The number of amidine groups is 1. The Morgan fingerprint density at radius 1 is 1.28 bits per heavy atom. The molecule has 1 N–H and O–H groups in total. The first-order chi connectivity index (χ1) is 11.8. The van der Waals surface area contributed by atoms with E-state index < -0.39 is 15.8 Å². The summed E-state index contributed by atoms with van der Waals surface area (Å²) in [7, 11) is -0.938. The van der Waals surface area contributed by atoms with Crippen molar-refractivity contribution in [2.24, 2.45) is 9.50 Å². The SMILES string of the molecule is COc1cc(/C=N/N(C)C2=NS(=O)(=O)c3ccc(F)cc32)ccc1O. The molecule has 0 unspecified atom stereocenters. The molecule has 0 bridgehead atoms. The van der Waals surface area contributed by atoms with Gasteiger partial charge in [0.25, 0.3) is 10.0 Å². The molecule has 0 saturated carbocycles. The van der Waals surface area contributed by atoms with Gasteiger partial charge in [0, 0.05) is 12.6 Å². The standard InChI is InChI=1S/C16H14FN3O4S/c1-20(18-9-10-3-5-13(21)14(7-10)24-2)16-12-8-11(17)4-6-15(12)25(22,23)19-16/h3-9,21H,1-2H3/b18-9+. The first kappa shape index (κ1) is 16.9. The van der Waals surface area contributed by atoms with Gasteiger partial charge in [-0.15, -0.1) is 4.40 Å². The van der Waals surface area contributed by atoms with E-state index in [0.717, 1.165) is 12.1 Å². The highest BCUT2D eigenvalue weighted by Crippen LogP contribution is 2.28. The number of benzene rings is 2. The first-order valence-electron chi connectivity index (χ1n) is 7.11. The minimum absolute atomic E-state index is 0.0105. The number of methoxy groups -OCH3 is 1. The Labute approximate surface area is 143 Å². The third-order valence-corrected chi connectivity index (χ3v) is 4.88. The van der Waals surface area contributed by atoms with Gasteiger partial charge in [0.1, 0.15) is 10.7 Å². The average molecular weight is 363 g/mol. The molecule has 1 aliphatic heterocycles. The van der Waals surface area contributed by atoms with Crippen molar-refractivity contribution in [2.75, 3.05) is 14.2 Å². The Balaban J connectivity index is 1.92. The van der Waals surface area contributed by atoms with Crippen molar-refractivity contribution >= 4 is 22.1 Å². The van der Waals surface area contributed by atoms with E-state index in [4.69, 9.17) is 4.74 Å². The van der Waals surface area contributed by atoms with Gasteiger partial charge in [0.2, 0.25) is 0 Å². The van der Waals surface area contributed by atoms with Crippen molar-refractivity contribution in [2.45, 2.75) is 4.90 Å². The van der Waals surface area contributed by atoms with Crippen LogP contribution < -0.4 is 4.74 Å². The monoisotopic (exact) mass is 363 g/mol. The maximum Gasteiger partial charge on any atom is 0.285 e. The summed E-state index contributed by atoms with van der Waals surface area (Å²) in [5, 5.41) is 14.9. The number of fused-ring (bicyclic) bond motifs is 1. The summed E-state index contributed by atoms with van der Waals surface area (Å²) in [4.78, 5) is -0.0581. The molecule has 2 aromatic carbocycles. The smallest absolute Gasteiger partial charge is 0.285 e. The highest BCUT2D eigenvalue weighted by Gasteiger charge is 2.31. The topological polar surface area (TPSA) is 91.6 Å². The van der Waals surface area contributed by atoms with Gasteiger partial charge in [0.15, 0.2) is 17.3 Å². The van der Waals surface area contributed by atoms with E-state index in [1.807, 2.05) is 0 Å². The van der Waals surface area contributed by atoms with Crippen LogP contribution in [0.3, 0.4) is 0 Å². The van der Waals surface area contributed by atoms with Crippen LogP contribution in [0.15, 0.2) is 50.8 Å². The van der Waals surface area contributed by atoms with E-state index in [1.165, 1.54) is 37.5 Å². The zero-order valence-corrected chi connectivity index (χ0v) is 14.2. The number of ether oxygens (including phenoxy) is 1. The lowest BCUT2D eigenvalue weighted by Crippen LogP contribution is -2.21. The van der Waals surface area contributed by atoms with E-state index in [-0.39, 0.29) is 27.8 Å². The molecular weight excluding hydrogens is 349 g/mol. The molecule has 0 aromatic heterocycles. The summed E-state index contributed by atoms with van der Waals surface area (Å²) >= 11 is 0. The fraction of sp³-hybridized carbons (Fsp3) is 0.125. The molecule has 0 spiro atoms. The predicted molar refractivity (Wildman–Crippen MR) is 90.1 cm³/mol. The Hall–Kier alpha value is -2.94. The van der Waals surface area contributed by atoms with Crippen molar-refractivity contribution in [3.05, 3.63) is 53.3 Å². The van der Waals surface area contributed by atoms with Crippen molar-refractivity contribution in [3.8, 4) is 11.5 Å². The molecule has 0 amide bonds. The summed E-state index contributed by atoms with van der Waals surface area (Å²) < 4.78 is 46.2. The van der Waals surface area contributed by atoms with Gasteiger partial charge < -0.3 is 9.84 Å². The summed E-state index contributed by atoms with van der Waals surface area (Å²) in [6, 6.07) is 7.97. The van der Waals surface area contributed by atoms with Gasteiger partial charge in [-0.25, -0.2) is 9.40 Å². The second kappa shape index (κ2) is 6.17. The molecule has 2 aromatic rings. The molecule has 1 heterocycles. The van der Waals surface area contributed by atoms with E-state index in [9.17, 15) is 17.9 Å². The first-order valence-corrected chi connectivity index (χ1v) is 8.55. The molecule has 0 fully saturated rings. The van der Waals surface area contributed by atoms with E-state index >= 15 is 0 Å². The number of hydrazone groups is 1. The van der Waals surface area contributed by atoms with Gasteiger partial charge in [0.05, 0.1) is 13.3 Å². The van der Waals surface area contributed by atoms with E-state index in [1.54, 1.807) is 12.1 Å². The van der Waals surface area contributed by atoms with Crippen LogP contribution in [-0.2, 0) is 10.0 Å². The Kier molecular flexibility index (Phi) is 4.17. The minimum Gasteiger partial charge on any atom is -0.504 e. The fourth-order valence-electron chi connectivity index (χ4n) is 2.33. The lowest BCUT2D eigenvalue weighted by Gasteiger charge is -2.12. The van der Waals surface area contributed by atoms with Gasteiger partial charge in [-0.3, -0.25) is 0 Å². The fourth-order valence-corrected chi connectivity index (χ4v) is 3.54. The number of halogens is 1. The molecule has 1 aliphatic rings. The molecule has 7 nitrogen and oxygen atoms in total. The van der Waals surface area contributed by atoms with Crippen LogP contribution in [0.4, 0.5) is 4.39 Å². The molecule has 0 saturated heterocycles. The van der Waals surface area contributed by atoms with Crippen molar-refractivity contribution in [1.82, 2.24) is 5.01 Å². The van der Waals surface area contributed by atoms with E-state index in [0.29, 0.717) is 5.56 Å². The maximum absolute atomic E-state index is 13.5. The molecular formula is C16H14FN3O4S. The van der Waals surface area contributed by atoms with Crippen LogP contribution >= 0.6 is 0 Å². The lowest BCUT2D eigenvalue weighted by atomic mass is 10.2. The maximum atomic E-state index is 13.5. The van der Waals surface area contributed by atoms with Crippen LogP contribution in [-0.4, -0.2) is 44.7 Å². The molecule has 0 atom stereocenters. The molecule has 9 heteroatoms. The van der Waals surface area contributed by atoms with Gasteiger partial charge in [-0.2, -0.15) is 13.5 Å². The summed E-state index contributed by atoms with van der Waals surface area (Å²) in [6.45, 7) is 0. The largest absolute Gasteiger partial charge is 0.504 e. The third-order valence-electron chi connectivity index (χ3n) is 3.56.